The van der Waals surface area contributed by atoms with Gasteiger partial charge in [0, 0.05) is 23.8 Å². The van der Waals surface area contributed by atoms with E-state index in [4.69, 9.17) is 11.6 Å². The van der Waals surface area contributed by atoms with E-state index in [2.05, 4.69) is 47.6 Å². The standard InChI is InChI=1S/C16H28ClN3S/c1-5-9-18-14(16(4)8-7-10-21-16)11-13-15(17)12(3)19-20(13)6-2/h14,18H,5-11H2,1-4H3. The van der Waals surface area contributed by atoms with Crippen molar-refractivity contribution in [2.75, 3.05) is 12.3 Å². The third kappa shape index (κ3) is 3.77. The van der Waals surface area contributed by atoms with E-state index in [0.29, 0.717) is 10.8 Å². The topological polar surface area (TPSA) is 29.9 Å². The van der Waals surface area contributed by atoms with Gasteiger partial charge in [-0.25, -0.2) is 0 Å². The summed E-state index contributed by atoms with van der Waals surface area (Å²) in [6, 6.07) is 0.462. The van der Waals surface area contributed by atoms with Crippen molar-refractivity contribution < 1.29 is 0 Å². The second-order valence-corrected chi connectivity index (χ2v) is 8.14. The SMILES string of the molecule is CCCNC(Cc1c(Cl)c(C)nn1CC)C1(C)CCCS1. The van der Waals surface area contributed by atoms with Crippen LogP contribution in [0.25, 0.3) is 0 Å². The van der Waals surface area contributed by atoms with Gasteiger partial charge >= 0.3 is 0 Å². The summed E-state index contributed by atoms with van der Waals surface area (Å²) in [5, 5.41) is 9.18. The summed E-state index contributed by atoms with van der Waals surface area (Å²) in [6.45, 7) is 10.7. The lowest BCUT2D eigenvalue weighted by molar-refractivity contribution is 0.390. The zero-order valence-corrected chi connectivity index (χ0v) is 15.3. The van der Waals surface area contributed by atoms with Crippen molar-refractivity contribution in [3.8, 4) is 0 Å². The molecule has 1 fully saturated rings. The van der Waals surface area contributed by atoms with E-state index >= 15 is 0 Å². The Balaban J connectivity index is 2.22. The number of aryl methyl sites for hydroxylation is 2. The number of nitrogens with one attached hydrogen (secondary N) is 1. The van der Waals surface area contributed by atoms with Gasteiger partial charge in [0.05, 0.1) is 16.4 Å². The van der Waals surface area contributed by atoms with Gasteiger partial charge in [0.15, 0.2) is 0 Å². The summed E-state index contributed by atoms with van der Waals surface area (Å²) >= 11 is 8.62. The smallest absolute Gasteiger partial charge is 0.0847 e. The quantitative estimate of drug-likeness (QED) is 0.818. The highest BCUT2D eigenvalue weighted by molar-refractivity contribution is 8.00. The first-order chi connectivity index (χ1) is 10.0. The molecule has 2 unspecified atom stereocenters. The first-order valence-electron chi connectivity index (χ1n) is 8.11. The Morgan fingerprint density at radius 2 is 2.24 bits per heavy atom. The van der Waals surface area contributed by atoms with E-state index in [1.54, 1.807) is 0 Å². The van der Waals surface area contributed by atoms with Crippen LogP contribution in [0.1, 0.15) is 51.4 Å². The molecule has 0 saturated carbocycles. The number of nitrogens with zero attached hydrogens (tertiary/aromatic N) is 2. The van der Waals surface area contributed by atoms with Crippen LogP contribution < -0.4 is 5.32 Å². The lowest BCUT2D eigenvalue weighted by Gasteiger charge is -2.34. The maximum atomic E-state index is 6.50. The van der Waals surface area contributed by atoms with E-state index in [-0.39, 0.29) is 0 Å². The molecule has 2 rings (SSSR count). The Morgan fingerprint density at radius 1 is 1.48 bits per heavy atom. The van der Waals surface area contributed by atoms with Crippen LogP contribution in [0.4, 0.5) is 0 Å². The third-order valence-corrected chi connectivity index (χ3v) is 6.61. The molecule has 0 bridgehead atoms. The molecule has 5 heteroatoms. The molecular formula is C16H28ClN3S. The van der Waals surface area contributed by atoms with Gasteiger partial charge in [-0.05, 0) is 52.3 Å². The van der Waals surface area contributed by atoms with E-state index < -0.39 is 0 Å². The van der Waals surface area contributed by atoms with Crippen molar-refractivity contribution >= 4 is 23.4 Å². The monoisotopic (exact) mass is 329 g/mol. The highest BCUT2D eigenvalue weighted by Gasteiger charge is 2.38. The molecule has 0 spiro atoms. The third-order valence-electron chi connectivity index (χ3n) is 4.48. The molecule has 0 radical (unpaired) electrons. The van der Waals surface area contributed by atoms with Crippen LogP contribution in [0.2, 0.25) is 5.02 Å². The predicted molar refractivity (Wildman–Crippen MR) is 93.5 cm³/mol. The van der Waals surface area contributed by atoms with Crippen LogP contribution in [0, 0.1) is 6.92 Å². The molecule has 1 aliphatic heterocycles. The molecule has 1 N–H and O–H groups in total. The Bertz CT molecular complexity index is 466. The molecule has 21 heavy (non-hydrogen) atoms. The summed E-state index contributed by atoms with van der Waals surface area (Å²) in [4.78, 5) is 0. The van der Waals surface area contributed by atoms with Crippen LogP contribution in [0.5, 0.6) is 0 Å². The molecule has 3 nitrogen and oxygen atoms in total. The van der Waals surface area contributed by atoms with Crippen molar-refractivity contribution in [2.45, 2.75) is 70.7 Å². The second-order valence-electron chi connectivity index (χ2n) is 6.14. The predicted octanol–water partition coefficient (Wildman–Crippen LogP) is 4.06. The molecule has 1 aliphatic rings. The van der Waals surface area contributed by atoms with Gasteiger partial charge in [-0.15, -0.1) is 0 Å². The molecule has 2 heterocycles. The van der Waals surface area contributed by atoms with Gasteiger partial charge in [0.25, 0.3) is 0 Å². The fourth-order valence-corrected chi connectivity index (χ4v) is 4.78. The molecule has 120 valence electrons. The van der Waals surface area contributed by atoms with Crippen molar-refractivity contribution in [1.29, 1.82) is 0 Å². The molecule has 0 aliphatic carbocycles. The number of halogens is 1. The molecular weight excluding hydrogens is 302 g/mol. The van der Waals surface area contributed by atoms with E-state index in [0.717, 1.165) is 36.6 Å². The van der Waals surface area contributed by atoms with Crippen LogP contribution in [-0.2, 0) is 13.0 Å². The number of hydrogen-bond acceptors (Lipinski definition) is 3. The van der Waals surface area contributed by atoms with Gasteiger partial charge in [-0.3, -0.25) is 4.68 Å². The van der Waals surface area contributed by atoms with Crippen molar-refractivity contribution in [3.05, 3.63) is 16.4 Å². The maximum absolute atomic E-state index is 6.50. The summed E-state index contributed by atoms with van der Waals surface area (Å²) in [5.41, 5.74) is 2.14. The fraction of sp³-hybridized carbons (Fsp3) is 0.812. The van der Waals surface area contributed by atoms with Crippen molar-refractivity contribution in [3.63, 3.8) is 0 Å². The molecule has 2 atom stereocenters. The van der Waals surface area contributed by atoms with Crippen LogP contribution >= 0.6 is 23.4 Å². The lowest BCUT2D eigenvalue weighted by Crippen LogP contribution is -2.47. The summed E-state index contributed by atoms with van der Waals surface area (Å²) < 4.78 is 2.39. The molecule has 1 aromatic heterocycles. The summed E-state index contributed by atoms with van der Waals surface area (Å²) in [6.07, 6.45) is 4.75. The molecule has 1 saturated heterocycles. The average Bonchev–Trinajstić information content (AvgIpc) is 3.02. The Labute approximate surface area is 138 Å². The molecule has 0 amide bonds. The first-order valence-corrected chi connectivity index (χ1v) is 9.47. The number of rotatable bonds is 7. The highest BCUT2D eigenvalue weighted by Crippen LogP contribution is 2.42. The number of aromatic nitrogens is 2. The Morgan fingerprint density at radius 3 is 2.81 bits per heavy atom. The van der Waals surface area contributed by atoms with E-state index in [9.17, 15) is 0 Å². The summed E-state index contributed by atoms with van der Waals surface area (Å²) in [7, 11) is 0. The highest BCUT2D eigenvalue weighted by atomic mass is 35.5. The summed E-state index contributed by atoms with van der Waals surface area (Å²) in [5.74, 6) is 1.28. The molecule has 0 aromatic carbocycles. The zero-order chi connectivity index (χ0) is 15.5. The van der Waals surface area contributed by atoms with Crippen molar-refractivity contribution in [1.82, 2.24) is 15.1 Å². The second kappa shape index (κ2) is 7.38. The minimum Gasteiger partial charge on any atom is -0.312 e. The van der Waals surface area contributed by atoms with Gasteiger partial charge in [0.2, 0.25) is 0 Å². The van der Waals surface area contributed by atoms with Gasteiger partial charge < -0.3 is 5.32 Å². The zero-order valence-electron chi connectivity index (χ0n) is 13.7. The van der Waals surface area contributed by atoms with E-state index in [1.165, 1.54) is 24.3 Å². The maximum Gasteiger partial charge on any atom is 0.0847 e. The Kier molecular flexibility index (Phi) is 6.04. The number of thioether (sulfide) groups is 1. The van der Waals surface area contributed by atoms with Crippen molar-refractivity contribution in [2.24, 2.45) is 0 Å². The first kappa shape index (κ1) is 17.2. The van der Waals surface area contributed by atoms with Crippen LogP contribution in [-0.4, -0.2) is 32.9 Å². The van der Waals surface area contributed by atoms with Gasteiger partial charge in [-0.2, -0.15) is 16.9 Å². The fourth-order valence-electron chi connectivity index (χ4n) is 3.16. The van der Waals surface area contributed by atoms with E-state index in [1.807, 2.05) is 6.92 Å². The van der Waals surface area contributed by atoms with Gasteiger partial charge in [0.1, 0.15) is 0 Å². The average molecular weight is 330 g/mol. The number of hydrogen-bond donors (Lipinski definition) is 1. The molecule has 1 aromatic rings. The minimum absolute atomic E-state index is 0.315. The minimum atomic E-state index is 0.315. The largest absolute Gasteiger partial charge is 0.312 e. The van der Waals surface area contributed by atoms with Gasteiger partial charge in [-0.1, -0.05) is 18.5 Å². The normalized spacial score (nSPS) is 23.7. The Hall–Kier alpha value is -0.190. The lowest BCUT2D eigenvalue weighted by atomic mass is 9.92. The van der Waals surface area contributed by atoms with Crippen LogP contribution in [0.3, 0.4) is 0 Å². The van der Waals surface area contributed by atoms with Crippen LogP contribution in [0.15, 0.2) is 0 Å².